The number of aromatic nitrogens is 3. The third-order valence-corrected chi connectivity index (χ3v) is 3.99. The largest absolute Gasteiger partial charge is 0.301 e. The second-order valence-electron chi connectivity index (χ2n) is 5.54. The lowest BCUT2D eigenvalue weighted by Crippen LogP contribution is -2.24. The Labute approximate surface area is 124 Å². The number of nitriles is 1. The van der Waals surface area contributed by atoms with E-state index in [-0.39, 0.29) is 0 Å². The molecular weight excluding hydrogens is 262 g/mol. The summed E-state index contributed by atoms with van der Waals surface area (Å²) < 4.78 is 1.86. The SMILES string of the molecule is Cc1ccc(-c2c(C#N)nnn2CCN2CCCC2)cc1. The lowest BCUT2D eigenvalue weighted by Gasteiger charge is -2.15. The lowest BCUT2D eigenvalue weighted by molar-refractivity contribution is 0.315. The minimum Gasteiger partial charge on any atom is -0.301 e. The molecule has 2 aromatic rings. The summed E-state index contributed by atoms with van der Waals surface area (Å²) in [5.41, 5.74) is 3.44. The Bertz CT molecular complexity index is 644. The molecule has 1 aliphatic rings. The molecule has 0 aliphatic carbocycles. The predicted octanol–water partition coefficient (Wildman–Crippen LogP) is 2.22. The molecule has 0 atom stereocenters. The van der Waals surface area contributed by atoms with Gasteiger partial charge in [0.25, 0.3) is 0 Å². The summed E-state index contributed by atoms with van der Waals surface area (Å²) in [5.74, 6) is 0. The van der Waals surface area contributed by atoms with Gasteiger partial charge in [0.15, 0.2) is 5.69 Å². The van der Waals surface area contributed by atoms with Crippen LogP contribution in [-0.2, 0) is 6.54 Å². The van der Waals surface area contributed by atoms with E-state index in [1.165, 1.54) is 31.5 Å². The van der Waals surface area contributed by atoms with Crippen LogP contribution in [0.5, 0.6) is 0 Å². The molecule has 5 heteroatoms. The summed E-state index contributed by atoms with van der Waals surface area (Å²) >= 11 is 0. The van der Waals surface area contributed by atoms with Gasteiger partial charge < -0.3 is 4.90 Å². The van der Waals surface area contributed by atoms with Crippen molar-refractivity contribution in [1.29, 1.82) is 5.26 Å². The normalized spacial score (nSPS) is 15.2. The maximum absolute atomic E-state index is 9.25. The number of hydrogen-bond acceptors (Lipinski definition) is 4. The van der Waals surface area contributed by atoms with Crippen LogP contribution >= 0.6 is 0 Å². The quantitative estimate of drug-likeness (QED) is 0.862. The van der Waals surface area contributed by atoms with Crippen LogP contribution in [0.3, 0.4) is 0 Å². The van der Waals surface area contributed by atoms with Crippen LogP contribution in [0.15, 0.2) is 24.3 Å². The van der Waals surface area contributed by atoms with E-state index in [9.17, 15) is 5.26 Å². The van der Waals surface area contributed by atoms with E-state index < -0.39 is 0 Å². The van der Waals surface area contributed by atoms with Gasteiger partial charge in [-0.05, 0) is 32.9 Å². The van der Waals surface area contributed by atoms with Crippen molar-refractivity contribution in [3.63, 3.8) is 0 Å². The Morgan fingerprint density at radius 1 is 1.14 bits per heavy atom. The third-order valence-electron chi connectivity index (χ3n) is 3.99. The first kappa shape index (κ1) is 13.8. The van der Waals surface area contributed by atoms with E-state index in [1.807, 2.05) is 28.9 Å². The van der Waals surface area contributed by atoms with Gasteiger partial charge in [-0.3, -0.25) is 0 Å². The number of hydrogen-bond donors (Lipinski definition) is 0. The van der Waals surface area contributed by atoms with Crippen LogP contribution in [0.1, 0.15) is 24.1 Å². The summed E-state index contributed by atoms with van der Waals surface area (Å²) in [7, 11) is 0. The van der Waals surface area contributed by atoms with Gasteiger partial charge in [0, 0.05) is 12.1 Å². The first-order chi connectivity index (χ1) is 10.3. The highest BCUT2D eigenvalue weighted by Gasteiger charge is 2.16. The molecule has 0 saturated carbocycles. The van der Waals surface area contributed by atoms with E-state index in [0.717, 1.165) is 24.3 Å². The molecule has 1 aliphatic heterocycles. The molecule has 2 heterocycles. The molecule has 0 amide bonds. The van der Waals surface area contributed by atoms with E-state index in [0.29, 0.717) is 5.69 Å². The standard InChI is InChI=1S/C16H19N5/c1-13-4-6-14(7-5-13)16-15(12-17)18-19-21(16)11-10-20-8-2-3-9-20/h4-7H,2-3,8-11H2,1H3. The highest BCUT2D eigenvalue weighted by atomic mass is 15.4. The van der Waals surface area contributed by atoms with Gasteiger partial charge in [-0.2, -0.15) is 5.26 Å². The average Bonchev–Trinajstić information content (AvgIpc) is 3.15. The van der Waals surface area contributed by atoms with Crippen molar-refractivity contribution in [2.24, 2.45) is 0 Å². The van der Waals surface area contributed by atoms with Gasteiger partial charge >= 0.3 is 0 Å². The molecule has 3 rings (SSSR count). The molecule has 108 valence electrons. The van der Waals surface area contributed by atoms with E-state index in [4.69, 9.17) is 0 Å². The summed E-state index contributed by atoms with van der Waals surface area (Å²) in [4.78, 5) is 2.44. The Balaban J connectivity index is 1.85. The molecule has 0 N–H and O–H groups in total. The zero-order valence-electron chi connectivity index (χ0n) is 12.3. The number of likely N-dealkylation sites (tertiary alicyclic amines) is 1. The minimum atomic E-state index is 0.403. The minimum absolute atomic E-state index is 0.403. The highest BCUT2D eigenvalue weighted by molar-refractivity contribution is 5.65. The molecule has 0 spiro atoms. The second-order valence-corrected chi connectivity index (χ2v) is 5.54. The van der Waals surface area contributed by atoms with E-state index >= 15 is 0 Å². The predicted molar refractivity (Wildman–Crippen MR) is 80.6 cm³/mol. The molecule has 5 nitrogen and oxygen atoms in total. The van der Waals surface area contributed by atoms with Gasteiger partial charge in [0.2, 0.25) is 0 Å². The Kier molecular flexibility index (Phi) is 3.98. The molecule has 1 aromatic heterocycles. The van der Waals surface area contributed by atoms with Crippen molar-refractivity contribution in [1.82, 2.24) is 19.9 Å². The first-order valence-corrected chi connectivity index (χ1v) is 7.41. The van der Waals surface area contributed by atoms with Crippen LogP contribution in [0.25, 0.3) is 11.3 Å². The van der Waals surface area contributed by atoms with Gasteiger partial charge in [-0.25, -0.2) is 4.68 Å². The molecule has 0 unspecified atom stereocenters. The van der Waals surface area contributed by atoms with Gasteiger partial charge in [0.05, 0.1) is 6.54 Å². The smallest absolute Gasteiger partial charge is 0.190 e. The van der Waals surface area contributed by atoms with E-state index in [2.05, 4.69) is 28.2 Å². The fourth-order valence-corrected chi connectivity index (χ4v) is 2.78. The summed E-state index contributed by atoms with van der Waals surface area (Å²) in [6, 6.07) is 10.3. The number of rotatable bonds is 4. The second kappa shape index (κ2) is 6.06. The molecule has 1 fully saturated rings. The molecular formula is C16H19N5. The monoisotopic (exact) mass is 281 g/mol. The number of aryl methyl sites for hydroxylation is 1. The fourth-order valence-electron chi connectivity index (χ4n) is 2.78. The van der Waals surface area contributed by atoms with Gasteiger partial charge in [-0.1, -0.05) is 35.0 Å². The Morgan fingerprint density at radius 3 is 2.52 bits per heavy atom. The van der Waals surface area contributed by atoms with Gasteiger partial charge in [-0.15, -0.1) is 5.10 Å². The van der Waals surface area contributed by atoms with Crippen LogP contribution in [-0.4, -0.2) is 39.5 Å². The fraction of sp³-hybridized carbons (Fsp3) is 0.438. The van der Waals surface area contributed by atoms with Crippen molar-refractivity contribution in [3.05, 3.63) is 35.5 Å². The zero-order chi connectivity index (χ0) is 14.7. The van der Waals surface area contributed by atoms with Crippen LogP contribution in [0.4, 0.5) is 0 Å². The maximum Gasteiger partial charge on any atom is 0.190 e. The average molecular weight is 281 g/mol. The van der Waals surface area contributed by atoms with Gasteiger partial charge in [0.1, 0.15) is 11.8 Å². The van der Waals surface area contributed by atoms with Crippen molar-refractivity contribution >= 4 is 0 Å². The molecule has 0 bridgehead atoms. The maximum atomic E-state index is 9.25. The number of nitrogens with zero attached hydrogens (tertiary/aromatic N) is 5. The Morgan fingerprint density at radius 2 is 1.86 bits per heavy atom. The summed E-state index contributed by atoms with van der Waals surface area (Å²) in [6.07, 6.45) is 2.57. The number of benzene rings is 1. The Hall–Kier alpha value is -2.19. The molecule has 1 aromatic carbocycles. The van der Waals surface area contributed by atoms with Crippen molar-refractivity contribution < 1.29 is 0 Å². The molecule has 21 heavy (non-hydrogen) atoms. The van der Waals surface area contributed by atoms with Crippen LogP contribution < -0.4 is 0 Å². The van der Waals surface area contributed by atoms with Crippen molar-refractivity contribution in [2.45, 2.75) is 26.3 Å². The first-order valence-electron chi connectivity index (χ1n) is 7.41. The van der Waals surface area contributed by atoms with Crippen molar-refractivity contribution in [2.75, 3.05) is 19.6 Å². The molecule has 1 saturated heterocycles. The highest BCUT2D eigenvalue weighted by Crippen LogP contribution is 2.22. The summed E-state index contributed by atoms with van der Waals surface area (Å²) in [5, 5.41) is 17.4. The van der Waals surface area contributed by atoms with Crippen molar-refractivity contribution in [3.8, 4) is 17.3 Å². The molecule has 0 radical (unpaired) electrons. The lowest BCUT2D eigenvalue weighted by atomic mass is 10.1. The zero-order valence-corrected chi connectivity index (χ0v) is 12.3. The third kappa shape index (κ3) is 2.96. The summed E-state index contributed by atoms with van der Waals surface area (Å²) in [6.45, 7) is 6.13. The van der Waals surface area contributed by atoms with Crippen LogP contribution in [0.2, 0.25) is 0 Å². The van der Waals surface area contributed by atoms with E-state index in [1.54, 1.807) is 0 Å². The topological polar surface area (TPSA) is 57.7 Å². The van der Waals surface area contributed by atoms with Crippen LogP contribution in [0, 0.1) is 18.3 Å².